The van der Waals surface area contributed by atoms with Crippen LogP contribution in [0.1, 0.15) is 18.2 Å². The maximum Gasteiger partial charge on any atom is 0.265 e. The number of rotatable bonds is 7. The van der Waals surface area contributed by atoms with Gasteiger partial charge >= 0.3 is 0 Å². The van der Waals surface area contributed by atoms with Crippen LogP contribution in [-0.4, -0.2) is 21.4 Å². The number of anilines is 1. The van der Waals surface area contributed by atoms with E-state index in [4.69, 9.17) is 14.7 Å². The molecule has 1 amide bonds. The van der Waals surface area contributed by atoms with Crippen LogP contribution >= 0.6 is 0 Å². The quantitative estimate of drug-likeness (QED) is 0.492. The Hall–Kier alpha value is -4.31. The number of aromatic nitrogens is 2. The third-order valence-electron chi connectivity index (χ3n) is 4.57. The third-order valence-corrected chi connectivity index (χ3v) is 4.57. The second-order valence-corrected chi connectivity index (χ2v) is 6.90. The van der Waals surface area contributed by atoms with Gasteiger partial charge in [0.2, 0.25) is 0 Å². The highest BCUT2D eigenvalue weighted by atomic mass is 16.5. The number of fused-ring (bicyclic) bond motifs is 1. The number of nitrogens with zero attached hydrogens (tertiary/aromatic N) is 3. The number of nitriles is 1. The molecule has 1 atom stereocenters. The molecule has 0 aliphatic heterocycles. The van der Waals surface area contributed by atoms with Gasteiger partial charge in [0.05, 0.1) is 17.3 Å². The fourth-order valence-electron chi connectivity index (χ4n) is 2.99. The van der Waals surface area contributed by atoms with E-state index in [0.717, 1.165) is 11.3 Å². The molecule has 0 fully saturated rings. The molecule has 4 rings (SSSR count). The summed E-state index contributed by atoms with van der Waals surface area (Å²) >= 11 is 0. The molecule has 154 valence electrons. The lowest BCUT2D eigenvalue weighted by atomic mass is 10.2. The topological polar surface area (TPSA) is 88.6 Å². The summed E-state index contributed by atoms with van der Waals surface area (Å²) in [5, 5.41) is 11.7. The van der Waals surface area contributed by atoms with E-state index in [1.54, 1.807) is 49.4 Å². The van der Waals surface area contributed by atoms with Gasteiger partial charge in [0.1, 0.15) is 23.8 Å². The third kappa shape index (κ3) is 5.00. The second-order valence-electron chi connectivity index (χ2n) is 6.90. The molecular weight excluding hydrogens is 392 g/mol. The Morgan fingerprint density at radius 2 is 1.97 bits per heavy atom. The summed E-state index contributed by atoms with van der Waals surface area (Å²) in [4.78, 5) is 17.0. The molecular formula is C24H20N4O3. The highest BCUT2D eigenvalue weighted by Gasteiger charge is 2.15. The molecule has 1 N–H and O–H groups in total. The minimum Gasteiger partial charge on any atom is -0.487 e. The number of imidazole rings is 1. The molecule has 7 nitrogen and oxygen atoms in total. The van der Waals surface area contributed by atoms with E-state index in [1.807, 2.05) is 47.1 Å². The van der Waals surface area contributed by atoms with Crippen molar-refractivity contribution >= 4 is 17.2 Å². The molecule has 2 aromatic carbocycles. The molecule has 4 aromatic rings. The maximum atomic E-state index is 12.5. The molecule has 7 heteroatoms. The first-order chi connectivity index (χ1) is 15.1. The van der Waals surface area contributed by atoms with Crippen molar-refractivity contribution in [2.24, 2.45) is 0 Å². The summed E-state index contributed by atoms with van der Waals surface area (Å²) in [5.74, 6) is 0.851. The predicted molar refractivity (Wildman–Crippen MR) is 116 cm³/mol. The average molecular weight is 412 g/mol. The van der Waals surface area contributed by atoms with Gasteiger partial charge < -0.3 is 19.2 Å². The molecule has 2 aromatic heterocycles. The van der Waals surface area contributed by atoms with E-state index in [9.17, 15) is 4.79 Å². The summed E-state index contributed by atoms with van der Waals surface area (Å²) < 4.78 is 13.4. The summed E-state index contributed by atoms with van der Waals surface area (Å²) in [7, 11) is 0. The van der Waals surface area contributed by atoms with E-state index < -0.39 is 6.10 Å². The Bertz CT molecular complexity index is 1210. The van der Waals surface area contributed by atoms with Crippen molar-refractivity contribution in [2.45, 2.75) is 19.6 Å². The van der Waals surface area contributed by atoms with Gasteiger partial charge in [0, 0.05) is 24.1 Å². The van der Waals surface area contributed by atoms with Crippen molar-refractivity contribution in [2.75, 3.05) is 5.32 Å². The van der Waals surface area contributed by atoms with E-state index in [-0.39, 0.29) is 5.91 Å². The van der Waals surface area contributed by atoms with Gasteiger partial charge in [0.15, 0.2) is 6.10 Å². The molecule has 0 aliphatic carbocycles. The van der Waals surface area contributed by atoms with Crippen molar-refractivity contribution in [3.05, 3.63) is 90.4 Å². The van der Waals surface area contributed by atoms with Crippen molar-refractivity contribution in [1.29, 1.82) is 5.26 Å². The van der Waals surface area contributed by atoms with Gasteiger partial charge in [-0.3, -0.25) is 4.79 Å². The van der Waals surface area contributed by atoms with Gasteiger partial charge in [-0.25, -0.2) is 4.98 Å². The normalized spacial score (nSPS) is 11.5. The first kappa shape index (κ1) is 20.0. The zero-order valence-electron chi connectivity index (χ0n) is 16.9. The van der Waals surface area contributed by atoms with Gasteiger partial charge in [-0.05, 0) is 55.5 Å². The minimum atomic E-state index is -0.713. The molecule has 0 spiro atoms. The number of hydrogen-bond donors (Lipinski definition) is 1. The van der Waals surface area contributed by atoms with Crippen LogP contribution < -0.4 is 14.8 Å². The lowest BCUT2D eigenvalue weighted by Crippen LogP contribution is -2.30. The standard InChI is InChI=1S/C24H20N4O3/c1-17(31-21-10-8-18(14-25)9-11-21)24(29)27-19-5-4-6-22(13-19)30-16-20-15-28-12-3-2-7-23(28)26-20/h2-13,15,17H,16H2,1H3,(H,27,29). The molecule has 2 heterocycles. The number of ether oxygens (including phenoxy) is 2. The van der Waals surface area contributed by atoms with Gasteiger partial charge in [-0.2, -0.15) is 5.26 Å². The zero-order valence-corrected chi connectivity index (χ0v) is 16.9. The average Bonchev–Trinajstić information content (AvgIpc) is 3.21. The minimum absolute atomic E-state index is 0.290. The lowest BCUT2D eigenvalue weighted by molar-refractivity contribution is -0.122. The van der Waals surface area contributed by atoms with Crippen molar-refractivity contribution in [3.8, 4) is 17.6 Å². The molecule has 0 bridgehead atoms. The van der Waals surface area contributed by atoms with Crippen LogP contribution in [0.2, 0.25) is 0 Å². The fourth-order valence-corrected chi connectivity index (χ4v) is 2.99. The van der Waals surface area contributed by atoms with Gasteiger partial charge in [-0.1, -0.05) is 12.1 Å². The Kier molecular flexibility index (Phi) is 5.81. The molecule has 1 unspecified atom stereocenters. The fraction of sp³-hybridized carbons (Fsp3) is 0.125. The van der Waals surface area contributed by atoms with Crippen LogP contribution in [0.5, 0.6) is 11.5 Å². The molecule has 0 saturated heterocycles. The second kappa shape index (κ2) is 9.01. The highest BCUT2D eigenvalue weighted by Crippen LogP contribution is 2.20. The summed E-state index contributed by atoms with van der Waals surface area (Å²) in [6.07, 6.45) is 3.14. The van der Waals surface area contributed by atoms with Crippen LogP contribution in [0.4, 0.5) is 5.69 Å². The molecule has 31 heavy (non-hydrogen) atoms. The zero-order chi connectivity index (χ0) is 21.6. The smallest absolute Gasteiger partial charge is 0.265 e. The van der Waals surface area contributed by atoms with E-state index in [1.165, 1.54) is 0 Å². The highest BCUT2D eigenvalue weighted by molar-refractivity contribution is 5.94. The number of nitrogens with one attached hydrogen (secondary N) is 1. The van der Waals surface area contributed by atoms with E-state index >= 15 is 0 Å². The number of carbonyl (C=O) groups is 1. The summed E-state index contributed by atoms with van der Waals surface area (Å²) in [5.41, 5.74) is 2.81. The number of hydrogen-bond acceptors (Lipinski definition) is 5. The molecule has 0 radical (unpaired) electrons. The predicted octanol–water partition coefficient (Wildman–Crippen LogP) is 4.19. The number of carbonyl (C=O) groups excluding carboxylic acids is 1. The number of pyridine rings is 1. The van der Waals surface area contributed by atoms with Crippen LogP contribution in [0.25, 0.3) is 5.65 Å². The van der Waals surface area contributed by atoms with Crippen molar-refractivity contribution < 1.29 is 14.3 Å². The Morgan fingerprint density at radius 3 is 2.74 bits per heavy atom. The van der Waals surface area contributed by atoms with E-state index in [0.29, 0.717) is 29.4 Å². The number of amides is 1. The van der Waals surface area contributed by atoms with Crippen molar-refractivity contribution in [3.63, 3.8) is 0 Å². The number of benzene rings is 2. The summed E-state index contributed by atoms with van der Waals surface area (Å²) in [6.45, 7) is 1.98. The maximum absolute atomic E-state index is 12.5. The van der Waals surface area contributed by atoms with Gasteiger partial charge in [0.25, 0.3) is 5.91 Å². The van der Waals surface area contributed by atoms with Crippen LogP contribution in [0.15, 0.2) is 79.1 Å². The Balaban J connectivity index is 1.34. The SMILES string of the molecule is CC(Oc1ccc(C#N)cc1)C(=O)Nc1cccc(OCc2cn3ccccc3n2)c1. The van der Waals surface area contributed by atoms with Crippen LogP contribution in [0.3, 0.4) is 0 Å². The summed E-state index contributed by atoms with van der Waals surface area (Å²) in [6, 6.07) is 21.6. The first-order valence-electron chi connectivity index (χ1n) is 9.74. The lowest BCUT2D eigenvalue weighted by Gasteiger charge is -2.15. The molecule has 0 aliphatic rings. The largest absolute Gasteiger partial charge is 0.487 e. The van der Waals surface area contributed by atoms with Crippen LogP contribution in [0, 0.1) is 11.3 Å². The molecule has 0 saturated carbocycles. The Morgan fingerprint density at radius 1 is 1.13 bits per heavy atom. The Labute approximate surface area is 179 Å². The van der Waals surface area contributed by atoms with E-state index in [2.05, 4.69) is 10.3 Å². The first-order valence-corrected chi connectivity index (χ1v) is 9.74. The van der Waals surface area contributed by atoms with Crippen molar-refractivity contribution in [1.82, 2.24) is 9.38 Å². The van der Waals surface area contributed by atoms with Gasteiger partial charge in [-0.15, -0.1) is 0 Å². The van der Waals surface area contributed by atoms with Crippen LogP contribution in [-0.2, 0) is 11.4 Å². The monoisotopic (exact) mass is 412 g/mol.